The summed E-state index contributed by atoms with van der Waals surface area (Å²) in [6.45, 7) is 2.46. The topological polar surface area (TPSA) is 33.6 Å². The van der Waals surface area contributed by atoms with Crippen molar-refractivity contribution in [2.75, 3.05) is 5.43 Å². The third-order valence-electron chi connectivity index (χ3n) is 4.04. The maximum Gasteiger partial charge on any atom is 0.416 e. The van der Waals surface area contributed by atoms with Gasteiger partial charge in [0.05, 0.1) is 17.5 Å². The molecule has 0 aliphatic rings. The fourth-order valence-corrected chi connectivity index (χ4v) is 2.47. The van der Waals surface area contributed by atoms with Gasteiger partial charge in [-0.05, 0) is 48.9 Å². The zero-order valence-corrected chi connectivity index (χ0v) is 15.2. The van der Waals surface area contributed by atoms with Crippen LogP contribution in [-0.4, -0.2) is 6.21 Å². The number of benzene rings is 3. The molecule has 0 radical (unpaired) electrons. The van der Waals surface area contributed by atoms with E-state index < -0.39 is 11.7 Å². The molecule has 3 aromatic carbocycles. The summed E-state index contributed by atoms with van der Waals surface area (Å²) in [4.78, 5) is 0. The molecule has 28 heavy (non-hydrogen) atoms. The first kappa shape index (κ1) is 19.5. The van der Waals surface area contributed by atoms with E-state index >= 15 is 0 Å². The number of anilines is 1. The largest absolute Gasteiger partial charge is 0.488 e. The molecular formula is C22H19F3N2O. The summed E-state index contributed by atoms with van der Waals surface area (Å²) in [5.74, 6) is 0.668. The molecule has 0 spiro atoms. The van der Waals surface area contributed by atoms with Crippen molar-refractivity contribution in [3.8, 4) is 5.75 Å². The Hall–Kier alpha value is -3.28. The number of hydrogen-bond donors (Lipinski definition) is 1. The summed E-state index contributed by atoms with van der Waals surface area (Å²) >= 11 is 0. The first-order chi connectivity index (χ1) is 13.4. The number of hydrazone groups is 1. The van der Waals surface area contributed by atoms with Crippen molar-refractivity contribution in [3.63, 3.8) is 0 Å². The number of para-hydroxylation sites is 1. The van der Waals surface area contributed by atoms with Crippen LogP contribution in [0, 0.1) is 6.92 Å². The maximum absolute atomic E-state index is 12.6. The highest BCUT2D eigenvalue weighted by atomic mass is 19.4. The van der Waals surface area contributed by atoms with Gasteiger partial charge in [0.1, 0.15) is 12.4 Å². The van der Waals surface area contributed by atoms with Crippen LogP contribution in [0.3, 0.4) is 0 Å². The van der Waals surface area contributed by atoms with E-state index in [-0.39, 0.29) is 0 Å². The van der Waals surface area contributed by atoms with Crippen molar-refractivity contribution in [1.82, 2.24) is 0 Å². The van der Waals surface area contributed by atoms with E-state index in [9.17, 15) is 13.2 Å². The first-order valence-corrected chi connectivity index (χ1v) is 8.65. The third kappa shape index (κ3) is 5.36. The fourth-order valence-electron chi connectivity index (χ4n) is 2.47. The minimum absolute atomic E-state index is 0.428. The predicted molar refractivity (Wildman–Crippen MR) is 105 cm³/mol. The summed E-state index contributed by atoms with van der Waals surface area (Å²) in [7, 11) is 0. The van der Waals surface area contributed by atoms with Gasteiger partial charge in [-0.3, -0.25) is 5.43 Å². The van der Waals surface area contributed by atoms with Crippen LogP contribution in [0.1, 0.15) is 22.3 Å². The Labute approximate surface area is 161 Å². The van der Waals surface area contributed by atoms with Crippen LogP contribution >= 0.6 is 0 Å². The number of alkyl halides is 3. The molecule has 0 aliphatic carbocycles. The number of aryl methyl sites for hydroxylation is 1. The monoisotopic (exact) mass is 384 g/mol. The van der Waals surface area contributed by atoms with E-state index in [1.807, 2.05) is 55.5 Å². The second kappa shape index (κ2) is 8.61. The average molecular weight is 384 g/mol. The van der Waals surface area contributed by atoms with Gasteiger partial charge in [-0.15, -0.1) is 0 Å². The van der Waals surface area contributed by atoms with Crippen LogP contribution in [0.5, 0.6) is 5.75 Å². The molecule has 0 atom stereocenters. The molecule has 0 aliphatic heterocycles. The summed E-state index contributed by atoms with van der Waals surface area (Å²) in [6, 6.07) is 20.2. The van der Waals surface area contributed by atoms with E-state index in [2.05, 4.69) is 10.5 Å². The Kier molecular flexibility index (Phi) is 5.99. The third-order valence-corrected chi connectivity index (χ3v) is 4.04. The molecule has 0 aromatic heterocycles. The quantitative estimate of drug-likeness (QED) is 0.415. The van der Waals surface area contributed by atoms with Crippen molar-refractivity contribution in [2.24, 2.45) is 5.10 Å². The van der Waals surface area contributed by atoms with Crippen LogP contribution in [-0.2, 0) is 12.8 Å². The fraction of sp³-hybridized carbons (Fsp3) is 0.136. The van der Waals surface area contributed by atoms with Gasteiger partial charge in [-0.2, -0.15) is 18.3 Å². The van der Waals surface area contributed by atoms with E-state index in [0.717, 1.165) is 23.3 Å². The molecule has 0 amide bonds. The molecule has 144 valence electrons. The predicted octanol–water partition coefficient (Wildman–Crippen LogP) is 6.04. The molecule has 3 nitrogen and oxygen atoms in total. The van der Waals surface area contributed by atoms with Crippen LogP contribution < -0.4 is 10.2 Å². The Bertz CT molecular complexity index is 933. The average Bonchev–Trinajstić information content (AvgIpc) is 2.68. The lowest BCUT2D eigenvalue weighted by atomic mass is 10.1. The molecule has 1 N–H and O–H groups in total. The Balaban J connectivity index is 1.63. The molecule has 3 aromatic rings. The van der Waals surface area contributed by atoms with Gasteiger partial charge in [-0.1, -0.05) is 42.0 Å². The van der Waals surface area contributed by atoms with Gasteiger partial charge in [0.2, 0.25) is 0 Å². The van der Waals surface area contributed by atoms with E-state index in [0.29, 0.717) is 18.0 Å². The summed E-state index contributed by atoms with van der Waals surface area (Å²) in [5.41, 5.74) is 5.49. The highest BCUT2D eigenvalue weighted by molar-refractivity contribution is 5.84. The molecule has 0 unspecified atom stereocenters. The van der Waals surface area contributed by atoms with Crippen molar-refractivity contribution >= 4 is 11.9 Å². The zero-order chi connectivity index (χ0) is 20.0. The van der Waals surface area contributed by atoms with E-state index in [1.165, 1.54) is 17.7 Å². The van der Waals surface area contributed by atoms with Crippen molar-refractivity contribution < 1.29 is 17.9 Å². The standard InChI is InChI=1S/C22H19F3N2O/c1-16-6-8-17(9-7-16)15-28-21-5-3-2-4-18(21)14-26-27-20-12-10-19(11-13-20)22(23,24)25/h2-14,27H,15H2,1H3. The molecule has 3 rings (SSSR count). The SMILES string of the molecule is Cc1ccc(COc2ccccc2C=NNc2ccc(C(F)(F)F)cc2)cc1. The molecular weight excluding hydrogens is 365 g/mol. The van der Waals surface area contributed by atoms with Gasteiger partial charge in [0, 0.05) is 5.56 Å². The second-order valence-electron chi connectivity index (χ2n) is 6.26. The van der Waals surface area contributed by atoms with Crippen molar-refractivity contribution in [3.05, 3.63) is 95.1 Å². The summed E-state index contributed by atoms with van der Waals surface area (Å²) in [5, 5.41) is 4.09. The van der Waals surface area contributed by atoms with Crippen molar-refractivity contribution in [2.45, 2.75) is 19.7 Å². The first-order valence-electron chi connectivity index (χ1n) is 8.65. The minimum Gasteiger partial charge on any atom is -0.488 e. The number of nitrogens with zero attached hydrogens (tertiary/aromatic N) is 1. The molecule has 0 saturated carbocycles. The molecule has 0 heterocycles. The van der Waals surface area contributed by atoms with Gasteiger partial charge >= 0.3 is 6.18 Å². The lowest BCUT2D eigenvalue weighted by Gasteiger charge is -2.09. The van der Waals surface area contributed by atoms with E-state index in [4.69, 9.17) is 4.74 Å². The van der Waals surface area contributed by atoms with Gasteiger partial charge < -0.3 is 4.74 Å². The van der Waals surface area contributed by atoms with Crippen molar-refractivity contribution in [1.29, 1.82) is 0 Å². The normalized spacial score (nSPS) is 11.6. The second-order valence-corrected chi connectivity index (χ2v) is 6.26. The maximum atomic E-state index is 12.6. The number of hydrogen-bond acceptors (Lipinski definition) is 3. The highest BCUT2D eigenvalue weighted by Crippen LogP contribution is 2.29. The Morgan fingerprint density at radius 2 is 1.61 bits per heavy atom. The molecule has 6 heteroatoms. The molecule has 0 saturated heterocycles. The Morgan fingerprint density at radius 3 is 2.29 bits per heavy atom. The minimum atomic E-state index is -4.35. The van der Waals surface area contributed by atoms with Crippen LogP contribution in [0.4, 0.5) is 18.9 Å². The summed E-state index contributed by atoms with van der Waals surface area (Å²) < 4.78 is 43.6. The van der Waals surface area contributed by atoms with Gasteiger partial charge in [-0.25, -0.2) is 0 Å². The highest BCUT2D eigenvalue weighted by Gasteiger charge is 2.29. The zero-order valence-electron chi connectivity index (χ0n) is 15.2. The van der Waals surface area contributed by atoms with Crippen LogP contribution in [0.15, 0.2) is 77.9 Å². The smallest absolute Gasteiger partial charge is 0.416 e. The van der Waals surface area contributed by atoms with Crippen LogP contribution in [0.25, 0.3) is 0 Å². The molecule has 0 bridgehead atoms. The van der Waals surface area contributed by atoms with Gasteiger partial charge in [0.15, 0.2) is 0 Å². The molecule has 0 fully saturated rings. The van der Waals surface area contributed by atoms with Crippen LogP contribution in [0.2, 0.25) is 0 Å². The number of rotatable bonds is 6. The summed E-state index contributed by atoms with van der Waals surface area (Å²) in [6.07, 6.45) is -2.78. The Morgan fingerprint density at radius 1 is 0.929 bits per heavy atom. The van der Waals surface area contributed by atoms with Gasteiger partial charge in [0.25, 0.3) is 0 Å². The van der Waals surface area contributed by atoms with E-state index in [1.54, 1.807) is 6.21 Å². The number of halogens is 3. The number of ether oxygens (including phenoxy) is 1. The number of nitrogens with one attached hydrogen (secondary N) is 1. The lowest BCUT2D eigenvalue weighted by Crippen LogP contribution is -2.04. The lowest BCUT2D eigenvalue weighted by molar-refractivity contribution is -0.137.